The number of benzene rings is 1. The lowest BCUT2D eigenvalue weighted by Gasteiger charge is -2.33. The van der Waals surface area contributed by atoms with Gasteiger partial charge in [0.2, 0.25) is 0 Å². The molecule has 0 bridgehead atoms. The van der Waals surface area contributed by atoms with Crippen LogP contribution in [-0.4, -0.2) is 24.2 Å². The van der Waals surface area contributed by atoms with E-state index in [9.17, 15) is 4.79 Å². The maximum absolute atomic E-state index is 11.0. The standard InChI is InChI=1S/C16H20ClNO2/c1-16(2,3)11-6-8-18(9-7-11)12-4-5-13(15(19)20)14(17)10-12/h4-6,10H,7-9H2,1-3H3,(H,19,20). The summed E-state index contributed by atoms with van der Waals surface area (Å²) >= 11 is 6.02. The fourth-order valence-corrected chi connectivity index (χ4v) is 2.71. The zero-order valence-corrected chi connectivity index (χ0v) is 12.9. The van der Waals surface area contributed by atoms with Gasteiger partial charge in [-0.25, -0.2) is 4.79 Å². The second-order valence-electron chi connectivity index (χ2n) is 6.14. The zero-order chi connectivity index (χ0) is 14.9. The minimum Gasteiger partial charge on any atom is -0.478 e. The van der Waals surface area contributed by atoms with E-state index in [0.29, 0.717) is 5.02 Å². The Labute approximate surface area is 124 Å². The van der Waals surface area contributed by atoms with Gasteiger partial charge < -0.3 is 10.0 Å². The third kappa shape index (κ3) is 3.15. The van der Waals surface area contributed by atoms with Crippen LogP contribution in [0.15, 0.2) is 29.8 Å². The molecule has 108 valence electrons. The minimum absolute atomic E-state index is 0.151. The Morgan fingerprint density at radius 3 is 2.50 bits per heavy atom. The van der Waals surface area contributed by atoms with Gasteiger partial charge in [0.15, 0.2) is 0 Å². The molecule has 0 aliphatic carbocycles. The third-order valence-electron chi connectivity index (χ3n) is 3.72. The molecular formula is C16H20ClNO2. The smallest absolute Gasteiger partial charge is 0.337 e. The van der Waals surface area contributed by atoms with Crippen LogP contribution in [0.4, 0.5) is 5.69 Å². The maximum Gasteiger partial charge on any atom is 0.337 e. The number of carbonyl (C=O) groups is 1. The number of nitrogens with zero attached hydrogens (tertiary/aromatic N) is 1. The van der Waals surface area contributed by atoms with Crippen LogP contribution in [0.5, 0.6) is 0 Å². The number of hydrogen-bond donors (Lipinski definition) is 1. The van der Waals surface area contributed by atoms with Crippen LogP contribution in [0.1, 0.15) is 37.6 Å². The molecule has 0 saturated carbocycles. The van der Waals surface area contributed by atoms with E-state index in [1.54, 1.807) is 12.1 Å². The summed E-state index contributed by atoms with van der Waals surface area (Å²) in [7, 11) is 0. The monoisotopic (exact) mass is 293 g/mol. The van der Waals surface area contributed by atoms with E-state index in [2.05, 4.69) is 31.7 Å². The first kappa shape index (κ1) is 14.9. The molecule has 0 saturated heterocycles. The van der Waals surface area contributed by atoms with E-state index in [-0.39, 0.29) is 11.0 Å². The van der Waals surface area contributed by atoms with Crippen molar-refractivity contribution in [3.8, 4) is 0 Å². The van der Waals surface area contributed by atoms with E-state index in [1.807, 2.05) is 6.07 Å². The number of aromatic carboxylic acids is 1. The van der Waals surface area contributed by atoms with Gasteiger partial charge in [0.1, 0.15) is 0 Å². The Morgan fingerprint density at radius 2 is 2.05 bits per heavy atom. The molecule has 0 amide bonds. The lowest BCUT2D eigenvalue weighted by molar-refractivity contribution is 0.0697. The first-order chi connectivity index (χ1) is 9.29. The summed E-state index contributed by atoms with van der Waals surface area (Å²) in [5.74, 6) is -0.991. The maximum atomic E-state index is 11.0. The fourth-order valence-electron chi connectivity index (χ4n) is 2.46. The van der Waals surface area contributed by atoms with Crippen LogP contribution in [0.2, 0.25) is 5.02 Å². The van der Waals surface area contributed by atoms with Crippen LogP contribution in [0.25, 0.3) is 0 Å². The van der Waals surface area contributed by atoms with Crippen molar-refractivity contribution in [2.24, 2.45) is 5.41 Å². The summed E-state index contributed by atoms with van der Waals surface area (Å²) in [4.78, 5) is 13.2. The Hall–Kier alpha value is -1.48. The quantitative estimate of drug-likeness (QED) is 0.830. The highest BCUT2D eigenvalue weighted by Gasteiger charge is 2.22. The Balaban J connectivity index is 2.17. The van der Waals surface area contributed by atoms with E-state index in [4.69, 9.17) is 16.7 Å². The van der Waals surface area contributed by atoms with Crippen LogP contribution in [-0.2, 0) is 0 Å². The third-order valence-corrected chi connectivity index (χ3v) is 4.03. The molecule has 1 N–H and O–H groups in total. The van der Waals surface area contributed by atoms with E-state index in [0.717, 1.165) is 25.2 Å². The molecule has 1 aliphatic heterocycles. The van der Waals surface area contributed by atoms with Gasteiger partial charge in [-0.05, 0) is 30.0 Å². The van der Waals surface area contributed by atoms with Crippen molar-refractivity contribution >= 4 is 23.3 Å². The second kappa shape index (κ2) is 5.49. The molecule has 1 heterocycles. The van der Waals surface area contributed by atoms with Crippen molar-refractivity contribution < 1.29 is 9.90 Å². The van der Waals surface area contributed by atoms with Crippen LogP contribution in [0.3, 0.4) is 0 Å². The second-order valence-corrected chi connectivity index (χ2v) is 6.55. The lowest BCUT2D eigenvalue weighted by Crippen LogP contribution is -2.31. The SMILES string of the molecule is CC(C)(C)C1=CCN(c2ccc(C(=O)O)c(Cl)c2)CC1. The summed E-state index contributed by atoms with van der Waals surface area (Å²) in [5, 5.41) is 9.28. The molecule has 20 heavy (non-hydrogen) atoms. The number of hydrogen-bond acceptors (Lipinski definition) is 2. The molecule has 0 spiro atoms. The molecule has 1 aromatic rings. The highest BCUT2D eigenvalue weighted by Crippen LogP contribution is 2.32. The van der Waals surface area contributed by atoms with E-state index in [1.165, 1.54) is 5.57 Å². The molecule has 1 aliphatic rings. The molecule has 0 fully saturated rings. The summed E-state index contributed by atoms with van der Waals surface area (Å²) in [5.41, 5.74) is 2.82. The number of carboxylic acid groups (broad SMARTS) is 1. The predicted octanol–water partition coefficient (Wildman–Crippen LogP) is 4.22. The van der Waals surface area contributed by atoms with Crippen molar-refractivity contribution in [3.63, 3.8) is 0 Å². The van der Waals surface area contributed by atoms with Crippen LogP contribution in [0, 0.1) is 5.41 Å². The van der Waals surface area contributed by atoms with Gasteiger partial charge in [-0.3, -0.25) is 0 Å². The highest BCUT2D eigenvalue weighted by molar-refractivity contribution is 6.33. The summed E-state index contributed by atoms with van der Waals surface area (Å²) < 4.78 is 0. The van der Waals surface area contributed by atoms with Crippen molar-refractivity contribution in [2.45, 2.75) is 27.2 Å². The van der Waals surface area contributed by atoms with Gasteiger partial charge >= 0.3 is 5.97 Å². The molecule has 1 aromatic carbocycles. The molecule has 3 nitrogen and oxygen atoms in total. The Kier molecular flexibility index (Phi) is 4.09. The normalized spacial score (nSPS) is 16.0. The Morgan fingerprint density at radius 1 is 1.35 bits per heavy atom. The molecule has 0 atom stereocenters. The zero-order valence-electron chi connectivity index (χ0n) is 12.1. The average Bonchev–Trinajstić information content (AvgIpc) is 2.37. The Bertz CT molecular complexity index is 558. The molecule has 0 aromatic heterocycles. The average molecular weight is 294 g/mol. The van der Waals surface area contributed by atoms with Gasteiger partial charge in [-0.15, -0.1) is 0 Å². The van der Waals surface area contributed by atoms with Gasteiger partial charge in [-0.1, -0.05) is 44.0 Å². The molecule has 0 unspecified atom stereocenters. The molecule has 2 rings (SSSR count). The fraction of sp³-hybridized carbons (Fsp3) is 0.438. The summed E-state index contributed by atoms with van der Waals surface area (Å²) in [6.07, 6.45) is 3.30. The van der Waals surface area contributed by atoms with Gasteiger partial charge in [-0.2, -0.15) is 0 Å². The van der Waals surface area contributed by atoms with Crippen molar-refractivity contribution in [3.05, 3.63) is 40.4 Å². The molecule has 4 heteroatoms. The van der Waals surface area contributed by atoms with Gasteiger partial charge in [0, 0.05) is 18.8 Å². The van der Waals surface area contributed by atoms with Gasteiger partial charge in [0.05, 0.1) is 10.6 Å². The predicted molar refractivity (Wildman–Crippen MR) is 82.8 cm³/mol. The summed E-state index contributed by atoms with van der Waals surface area (Å²) in [6, 6.07) is 5.13. The highest BCUT2D eigenvalue weighted by atomic mass is 35.5. The van der Waals surface area contributed by atoms with Crippen LogP contribution >= 0.6 is 11.6 Å². The molecular weight excluding hydrogens is 274 g/mol. The summed E-state index contributed by atoms with van der Waals surface area (Å²) in [6.45, 7) is 8.47. The van der Waals surface area contributed by atoms with E-state index >= 15 is 0 Å². The number of anilines is 1. The van der Waals surface area contributed by atoms with Crippen LogP contribution < -0.4 is 4.90 Å². The van der Waals surface area contributed by atoms with Crippen molar-refractivity contribution in [1.29, 1.82) is 0 Å². The van der Waals surface area contributed by atoms with Crippen molar-refractivity contribution in [1.82, 2.24) is 0 Å². The number of carboxylic acids is 1. The van der Waals surface area contributed by atoms with Crippen molar-refractivity contribution in [2.75, 3.05) is 18.0 Å². The number of rotatable bonds is 2. The van der Waals surface area contributed by atoms with Gasteiger partial charge in [0.25, 0.3) is 0 Å². The topological polar surface area (TPSA) is 40.5 Å². The molecule has 0 radical (unpaired) electrons. The lowest BCUT2D eigenvalue weighted by atomic mass is 9.83. The minimum atomic E-state index is -0.991. The van der Waals surface area contributed by atoms with E-state index < -0.39 is 5.97 Å². The largest absolute Gasteiger partial charge is 0.478 e. The first-order valence-corrected chi connectivity index (χ1v) is 7.14. The first-order valence-electron chi connectivity index (χ1n) is 6.76. The number of halogens is 1.